The van der Waals surface area contributed by atoms with Gasteiger partial charge in [-0.15, -0.1) is 0 Å². The Morgan fingerprint density at radius 2 is 1.05 bits per heavy atom. The second-order valence-electron chi connectivity index (χ2n) is 11.8. The summed E-state index contributed by atoms with van der Waals surface area (Å²) in [6.07, 6.45) is 4.54. The van der Waals surface area contributed by atoms with Crippen molar-refractivity contribution < 1.29 is 0 Å². The normalized spacial score (nSPS) is 14.5. The summed E-state index contributed by atoms with van der Waals surface area (Å²) < 4.78 is 1.15. The molecular formula is C43H43Br. The Hall–Kier alpha value is -3.94. The fourth-order valence-electron chi connectivity index (χ4n) is 6.63. The van der Waals surface area contributed by atoms with E-state index in [2.05, 4.69) is 147 Å². The highest BCUT2D eigenvalue weighted by Crippen LogP contribution is 2.56. The number of hydrogen-bond donors (Lipinski definition) is 0. The van der Waals surface area contributed by atoms with E-state index in [1.54, 1.807) is 0 Å². The number of aryl methyl sites for hydroxylation is 3. The van der Waals surface area contributed by atoms with Crippen LogP contribution in [0.15, 0.2) is 144 Å². The van der Waals surface area contributed by atoms with Gasteiger partial charge in [0.05, 0.1) is 0 Å². The molecule has 1 atom stereocenters. The standard InChI is InChI=1S/C29H27Br.2C7H8/c1-3-9-20-10-7-8-13-26(20)29(16-4-2)27-15-14-23(30)19-25(27)24-17-21-11-5-6-12-22(21)18-28(24)29;2*1-7-5-3-2-4-6-7/h5-8,10-15,17-19H,3-4,9,16H2,1-2H3;2*2-6H,1H3. The lowest BCUT2D eigenvalue weighted by Crippen LogP contribution is -2.28. The summed E-state index contributed by atoms with van der Waals surface area (Å²) >= 11 is 3.74. The van der Waals surface area contributed by atoms with Crippen molar-refractivity contribution in [3.8, 4) is 11.1 Å². The molecule has 0 N–H and O–H groups in total. The van der Waals surface area contributed by atoms with Crippen LogP contribution < -0.4 is 0 Å². The second kappa shape index (κ2) is 14.7. The minimum Gasteiger partial charge on any atom is -0.0653 e. The minimum atomic E-state index is -0.0874. The molecule has 0 saturated heterocycles. The molecule has 0 heterocycles. The first-order valence-electron chi connectivity index (χ1n) is 15.9. The van der Waals surface area contributed by atoms with Crippen molar-refractivity contribution in [3.05, 3.63) is 177 Å². The third-order valence-corrected chi connectivity index (χ3v) is 9.07. The number of benzene rings is 6. The summed E-state index contributed by atoms with van der Waals surface area (Å²) in [5.74, 6) is 0. The number of fused-ring (bicyclic) bond motifs is 4. The summed E-state index contributed by atoms with van der Waals surface area (Å²) in [6, 6.07) is 50.2. The number of hydrogen-bond acceptors (Lipinski definition) is 0. The quantitative estimate of drug-likeness (QED) is 0.176. The van der Waals surface area contributed by atoms with E-state index in [4.69, 9.17) is 0 Å². The predicted octanol–water partition coefficient (Wildman–Crippen LogP) is 12.7. The van der Waals surface area contributed by atoms with Crippen LogP contribution in [0, 0.1) is 13.8 Å². The Morgan fingerprint density at radius 1 is 0.500 bits per heavy atom. The van der Waals surface area contributed by atoms with Crippen LogP contribution in [-0.2, 0) is 11.8 Å². The van der Waals surface area contributed by atoms with Crippen LogP contribution in [0.4, 0.5) is 0 Å². The monoisotopic (exact) mass is 638 g/mol. The smallest absolute Gasteiger partial charge is 0.0466 e. The van der Waals surface area contributed by atoms with Gasteiger partial charge >= 0.3 is 0 Å². The van der Waals surface area contributed by atoms with Gasteiger partial charge < -0.3 is 0 Å². The molecule has 1 aliphatic rings. The molecule has 0 saturated carbocycles. The molecule has 0 radical (unpaired) electrons. The summed E-state index contributed by atoms with van der Waals surface area (Å²) in [4.78, 5) is 0. The van der Waals surface area contributed by atoms with Gasteiger partial charge in [0.25, 0.3) is 0 Å². The van der Waals surface area contributed by atoms with E-state index in [1.807, 2.05) is 36.4 Å². The van der Waals surface area contributed by atoms with Gasteiger partial charge in [-0.2, -0.15) is 0 Å². The van der Waals surface area contributed by atoms with Crippen LogP contribution in [0.5, 0.6) is 0 Å². The van der Waals surface area contributed by atoms with E-state index in [1.165, 1.54) is 55.3 Å². The van der Waals surface area contributed by atoms with E-state index >= 15 is 0 Å². The molecule has 0 fully saturated rings. The van der Waals surface area contributed by atoms with Crippen molar-refractivity contribution >= 4 is 26.7 Å². The highest BCUT2D eigenvalue weighted by Gasteiger charge is 2.45. The van der Waals surface area contributed by atoms with Gasteiger partial charge in [-0.25, -0.2) is 0 Å². The second-order valence-corrected chi connectivity index (χ2v) is 12.7. The molecule has 1 aliphatic carbocycles. The van der Waals surface area contributed by atoms with Gasteiger partial charge in [0.1, 0.15) is 0 Å². The molecule has 222 valence electrons. The van der Waals surface area contributed by atoms with Crippen molar-refractivity contribution in [1.82, 2.24) is 0 Å². The van der Waals surface area contributed by atoms with Crippen LogP contribution in [0.1, 0.15) is 66.5 Å². The molecular weight excluding hydrogens is 596 g/mol. The fraction of sp³-hybridized carbons (Fsp3) is 0.209. The summed E-state index contributed by atoms with van der Waals surface area (Å²) in [6.45, 7) is 8.77. The highest BCUT2D eigenvalue weighted by atomic mass is 79.9. The molecule has 44 heavy (non-hydrogen) atoms. The third-order valence-electron chi connectivity index (χ3n) is 8.58. The maximum Gasteiger partial charge on any atom is 0.0466 e. The molecule has 7 rings (SSSR count). The molecule has 0 amide bonds. The molecule has 0 nitrogen and oxygen atoms in total. The zero-order valence-corrected chi connectivity index (χ0v) is 28.1. The van der Waals surface area contributed by atoms with Crippen molar-refractivity contribution in [2.45, 2.75) is 58.8 Å². The Balaban J connectivity index is 0.000000225. The zero-order valence-electron chi connectivity index (χ0n) is 26.5. The molecule has 1 unspecified atom stereocenters. The minimum absolute atomic E-state index is 0.0874. The molecule has 0 spiro atoms. The largest absolute Gasteiger partial charge is 0.0653 e. The number of halogens is 1. The maximum atomic E-state index is 3.74. The number of rotatable bonds is 5. The van der Waals surface area contributed by atoms with Crippen LogP contribution in [0.3, 0.4) is 0 Å². The van der Waals surface area contributed by atoms with E-state index in [0.717, 1.165) is 30.2 Å². The first-order valence-corrected chi connectivity index (χ1v) is 16.7. The van der Waals surface area contributed by atoms with Gasteiger partial charge in [0.2, 0.25) is 0 Å². The lowest BCUT2D eigenvalue weighted by atomic mass is 9.67. The van der Waals surface area contributed by atoms with Gasteiger partial charge in [-0.05, 0) is 95.1 Å². The average molecular weight is 640 g/mol. The highest BCUT2D eigenvalue weighted by molar-refractivity contribution is 9.10. The zero-order chi connectivity index (χ0) is 30.9. The lowest BCUT2D eigenvalue weighted by Gasteiger charge is -2.35. The first-order chi connectivity index (χ1) is 21.5. The Labute approximate surface area is 272 Å². The molecule has 1 heteroatoms. The molecule has 0 aliphatic heterocycles. The van der Waals surface area contributed by atoms with Crippen molar-refractivity contribution in [2.75, 3.05) is 0 Å². The summed E-state index contributed by atoms with van der Waals surface area (Å²) in [5, 5.41) is 2.65. The molecule has 6 aromatic rings. The van der Waals surface area contributed by atoms with Gasteiger partial charge in [-0.1, -0.05) is 169 Å². The molecule has 6 aromatic carbocycles. The van der Waals surface area contributed by atoms with Crippen LogP contribution in [0.25, 0.3) is 21.9 Å². The van der Waals surface area contributed by atoms with Crippen LogP contribution in [-0.4, -0.2) is 0 Å². The summed E-state index contributed by atoms with van der Waals surface area (Å²) in [5.41, 5.74) is 11.2. The van der Waals surface area contributed by atoms with Gasteiger partial charge in [0, 0.05) is 9.89 Å². The Bertz CT molecular complexity index is 1770. The third kappa shape index (κ3) is 6.74. The van der Waals surface area contributed by atoms with Gasteiger partial charge in [0.15, 0.2) is 0 Å². The van der Waals surface area contributed by atoms with Crippen LogP contribution in [0.2, 0.25) is 0 Å². The van der Waals surface area contributed by atoms with Crippen molar-refractivity contribution in [1.29, 1.82) is 0 Å². The SMILES string of the molecule is CCCc1ccccc1C1(CCC)c2ccc(Br)cc2-c2cc3ccccc3cc21.Cc1ccccc1.Cc1ccccc1. The summed E-state index contributed by atoms with van der Waals surface area (Å²) in [7, 11) is 0. The first kappa shape index (κ1) is 31.5. The topological polar surface area (TPSA) is 0 Å². The van der Waals surface area contributed by atoms with E-state index < -0.39 is 0 Å². The Kier molecular flexibility index (Phi) is 10.5. The van der Waals surface area contributed by atoms with E-state index in [0.29, 0.717) is 0 Å². The molecule has 0 aromatic heterocycles. The molecule has 0 bridgehead atoms. The van der Waals surface area contributed by atoms with E-state index in [9.17, 15) is 0 Å². The van der Waals surface area contributed by atoms with Gasteiger partial charge in [-0.3, -0.25) is 0 Å². The van der Waals surface area contributed by atoms with E-state index in [-0.39, 0.29) is 5.41 Å². The van der Waals surface area contributed by atoms with Crippen LogP contribution >= 0.6 is 15.9 Å². The van der Waals surface area contributed by atoms with Crippen molar-refractivity contribution in [2.24, 2.45) is 0 Å². The average Bonchev–Trinajstić information content (AvgIpc) is 3.30. The Morgan fingerprint density at radius 3 is 1.61 bits per heavy atom. The fourth-order valence-corrected chi connectivity index (χ4v) is 7.00. The maximum absolute atomic E-state index is 3.74. The lowest BCUT2D eigenvalue weighted by molar-refractivity contribution is 0.557. The predicted molar refractivity (Wildman–Crippen MR) is 195 cm³/mol. The van der Waals surface area contributed by atoms with Crippen molar-refractivity contribution in [3.63, 3.8) is 0 Å².